The van der Waals surface area contributed by atoms with Crippen LogP contribution in [-0.2, 0) is 0 Å². The summed E-state index contributed by atoms with van der Waals surface area (Å²) in [4.78, 5) is 16.2. The van der Waals surface area contributed by atoms with E-state index < -0.39 is 0 Å². The molecule has 1 amide bonds. The standard InChI is InChI=1S/C13H21N3O2/c1-11-3-10-18-12(11)13(17)15(2)8-9-16-6-4-14-5-7-16/h3,10,14H,4-9H2,1-2H3. The van der Waals surface area contributed by atoms with Crippen molar-refractivity contribution < 1.29 is 9.21 Å². The third-order valence-corrected chi connectivity index (χ3v) is 3.36. The van der Waals surface area contributed by atoms with E-state index in [1.807, 2.05) is 20.0 Å². The molecule has 2 heterocycles. The maximum atomic E-state index is 12.1. The molecule has 0 bridgehead atoms. The van der Waals surface area contributed by atoms with E-state index >= 15 is 0 Å². The fourth-order valence-corrected chi connectivity index (χ4v) is 2.09. The molecule has 0 spiro atoms. The Morgan fingerprint density at radius 1 is 1.50 bits per heavy atom. The highest BCUT2D eigenvalue weighted by Gasteiger charge is 2.18. The van der Waals surface area contributed by atoms with Crippen LogP contribution in [0.4, 0.5) is 0 Å². The molecule has 100 valence electrons. The minimum Gasteiger partial charge on any atom is -0.459 e. The van der Waals surface area contributed by atoms with Crippen molar-refractivity contribution in [1.82, 2.24) is 15.1 Å². The SMILES string of the molecule is Cc1ccoc1C(=O)N(C)CCN1CCNCC1. The van der Waals surface area contributed by atoms with Crippen LogP contribution < -0.4 is 5.32 Å². The third-order valence-electron chi connectivity index (χ3n) is 3.36. The summed E-state index contributed by atoms with van der Waals surface area (Å²) in [6.07, 6.45) is 1.56. The molecule has 2 rings (SSSR count). The number of likely N-dealkylation sites (N-methyl/N-ethyl adjacent to an activating group) is 1. The molecule has 0 unspecified atom stereocenters. The second kappa shape index (κ2) is 6.02. The summed E-state index contributed by atoms with van der Waals surface area (Å²) in [5.41, 5.74) is 0.897. The lowest BCUT2D eigenvalue weighted by atomic mass is 10.2. The molecule has 18 heavy (non-hydrogen) atoms. The van der Waals surface area contributed by atoms with Gasteiger partial charge in [-0.25, -0.2) is 0 Å². The van der Waals surface area contributed by atoms with Gasteiger partial charge in [0, 0.05) is 51.9 Å². The first kappa shape index (κ1) is 13.1. The predicted molar refractivity (Wildman–Crippen MR) is 69.7 cm³/mol. The Morgan fingerprint density at radius 3 is 2.83 bits per heavy atom. The first-order valence-corrected chi connectivity index (χ1v) is 6.41. The zero-order valence-electron chi connectivity index (χ0n) is 11.1. The molecule has 0 radical (unpaired) electrons. The molecular formula is C13H21N3O2. The van der Waals surface area contributed by atoms with Crippen molar-refractivity contribution in [2.75, 3.05) is 46.3 Å². The van der Waals surface area contributed by atoms with Crippen LogP contribution in [0.1, 0.15) is 16.1 Å². The van der Waals surface area contributed by atoms with Gasteiger partial charge in [0.2, 0.25) is 0 Å². The number of hydrogen-bond donors (Lipinski definition) is 1. The molecule has 1 aliphatic rings. The zero-order valence-corrected chi connectivity index (χ0v) is 11.1. The Kier molecular flexibility index (Phi) is 4.38. The molecule has 5 nitrogen and oxygen atoms in total. The summed E-state index contributed by atoms with van der Waals surface area (Å²) >= 11 is 0. The molecule has 0 aromatic carbocycles. The second-order valence-electron chi connectivity index (χ2n) is 4.75. The van der Waals surface area contributed by atoms with E-state index in [4.69, 9.17) is 4.42 Å². The molecule has 0 atom stereocenters. The summed E-state index contributed by atoms with van der Waals surface area (Å²) in [6.45, 7) is 7.73. The van der Waals surface area contributed by atoms with Crippen molar-refractivity contribution in [1.29, 1.82) is 0 Å². The molecular weight excluding hydrogens is 230 g/mol. The normalized spacial score (nSPS) is 16.8. The first-order chi connectivity index (χ1) is 8.68. The quantitative estimate of drug-likeness (QED) is 0.850. The number of carbonyl (C=O) groups excluding carboxylic acids is 1. The average Bonchev–Trinajstić information content (AvgIpc) is 2.82. The fourth-order valence-electron chi connectivity index (χ4n) is 2.09. The smallest absolute Gasteiger partial charge is 0.289 e. The van der Waals surface area contributed by atoms with Crippen molar-refractivity contribution in [3.05, 3.63) is 23.7 Å². The van der Waals surface area contributed by atoms with Gasteiger partial charge in [0.1, 0.15) is 0 Å². The number of carbonyl (C=O) groups is 1. The number of aryl methyl sites for hydroxylation is 1. The number of nitrogens with one attached hydrogen (secondary N) is 1. The van der Waals surface area contributed by atoms with Crippen molar-refractivity contribution in [2.45, 2.75) is 6.92 Å². The topological polar surface area (TPSA) is 48.7 Å². The Labute approximate surface area is 108 Å². The Hall–Kier alpha value is -1.33. The van der Waals surface area contributed by atoms with Crippen LogP contribution in [0.25, 0.3) is 0 Å². The van der Waals surface area contributed by atoms with Gasteiger partial charge >= 0.3 is 0 Å². The highest BCUT2D eigenvalue weighted by atomic mass is 16.3. The van der Waals surface area contributed by atoms with E-state index in [1.165, 1.54) is 0 Å². The largest absolute Gasteiger partial charge is 0.459 e. The van der Waals surface area contributed by atoms with Crippen LogP contribution in [0.3, 0.4) is 0 Å². The minimum absolute atomic E-state index is 0.0346. The van der Waals surface area contributed by atoms with Gasteiger partial charge in [0.15, 0.2) is 5.76 Å². The van der Waals surface area contributed by atoms with E-state index in [9.17, 15) is 4.79 Å². The van der Waals surface area contributed by atoms with Gasteiger partial charge in [-0.05, 0) is 13.0 Å². The van der Waals surface area contributed by atoms with Crippen molar-refractivity contribution in [3.63, 3.8) is 0 Å². The molecule has 1 fully saturated rings. The first-order valence-electron chi connectivity index (χ1n) is 6.41. The van der Waals surface area contributed by atoms with E-state index in [1.54, 1.807) is 11.2 Å². The van der Waals surface area contributed by atoms with Crippen LogP contribution in [0.2, 0.25) is 0 Å². The summed E-state index contributed by atoms with van der Waals surface area (Å²) < 4.78 is 5.22. The van der Waals surface area contributed by atoms with Gasteiger partial charge in [0.25, 0.3) is 5.91 Å². The van der Waals surface area contributed by atoms with Crippen molar-refractivity contribution in [2.24, 2.45) is 0 Å². The van der Waals surface area contributed by atoms with E-state index in [0.29, 0.717) is 5.76 Å². The van der Waals surface area contributed by atoms with Gasteiger partial charge < -0.3 is 14.6 Å². The van der Waals surface area contributed by atoms with Gasteiger partial charge in [-0.15, -0.1) is 0 Å². The number of rotatable bonds is 4. The number of piperazine rings is 1. The fraction of sp³-hybridized carbons (Fsp3) is 0.615. The number of nitrogens with zero attached hydrogens (tertiary/aromatic N) is 2. The van der Waals surface area contributed by atoms with Gasteiger partial charge in [0.05, 0.1) is 6.26 Å². The molecule has 5 heteroatoms. The van der Waals surface area contributed by atoms with Crippen molar-refractivity contribution >= 4 is 5.91 Å². The second-order valence-corrected chi connectivity index (χ2v) is 4.75. The predicted octanol–water partition coefficient (Wildman–Crippen LogP) is 0.565. The lowest BCUT2D eigenvalue weighted by molar-refractivity contribution is 0.0742. The van der Waals surface area contributed by atoms with Crippen molar-refractivity contribution in [3.8, 4) is 0 Å². The molecule has 1 aromatic heterocycles. The highest BCUT2D eigenvalue weighted by Crippen LogP contribution is 2.11. The van der Waals surface area contributed by atoms with Gasteiger partial charge in [-0.1, -0.05) is 0 Å². The van der Waals surface area contributed by atoms with Crippen LogP contribution in [0, 0.1) is 6.92 Å². The summed E-state index contributed by atoms with van der Waals surface area (Å²) in [5.74, 6) is 0.422. The molecule has 0 aliphatic carbocycles. The molecule has 1 aromatic rings. The maximum absolute atomic E-state index is 12.1. The summed E-state index contributed by atoms with van der Waals surface area (Å²) in [5, 5.41) is 3.32. The van der Waals surface area contributed by atoms with Crippen LogP contribution in [-0.4, -0.2) is 62.0 Å². The lowest BCUT2D eigenvalue weighted by Gasteiger charge is -2.28. The Balaban J connectivity index is 1.82. The summed E-state index contributed by atoms with van der Waals surface area (Å²) in [6, 6.07) is 1.82. The maximum Gasteiger partial charge on any atom is 0.289 e. The highest BCUT2D eigenvalue weighted by molar-refractivity contribution is 5.92. The Morgan fingerprint density at radius 2 is 2.22 bits per heavy atom. The number of furan rings is 1. The zero-order chi connectivity index (χ0) is 13.0. The lowest BCUT2D eigenvalue weighted by Crippen LogP contribution is -2.46. The molecule has 1 saturated heterocycles. The van der Waals surface area contributed by atoms with E-state index in [2.05, 4.69) is 10.2 Å². The molecule has 1 aliphatic heterocycles. The summed E-state index contributed by atoms with van der Waals surface area (Å²) in [7, 11) is 1.83. The third kappa shape index (κ3) is 3.11. The molecule has 0 saturated carbocycles. The van der Waals surface area contributed by atoms with Crippen LogP contribution in [0.15, 0.2) is 16.7 Å². The van der Waals surface area contributed by atoms with Gasteiger partial charge in [-0.3, -0.25) is 9.69 Å². The number of amides is 1. The van der Waals surface area contributed by atoms with E-state index in [-0.39, 0.29) is 5.91 Å². The molecule has 1 N–H and O–H groups in total. The minimum atomic E-state index is -0.0346. The van der Waals surface area contributed by atoms with Gasteiger partial charge in [-0.2, -0.15) is 0 Å². The monoisotopic (exact) mass is 251 g/mol. The van der Waals surface area contributed by atoms with Crippen LogP contribution in [0.5, 0.6) is 0 Å². The number of hydrogen-bond acceptors (Lipinski definition) is 4. The van der Waals surface area contributed by atoms with E-state index in [0.717, 1.165) is 44.8 Å². The average molecular weight is 251 g/mol. The van der Waals surface area contributed by atoms with Crippen LogP contribution >= 0.6 is 0 Å². The Bertz CT molecular complexity index is 397.